The molecule has 0 N–H and O–H groups in total. The lowest BCUT2D eigenvalue weighted by molar-refractivity contribution is -0.172. The zero-order valence-corrected chi connectivity index (χ0v) is 18.3. The second-order valence-corrected chi connectivity index (χ2v) is 8.19. The lowest BCUT2D eigenvalue weighted by atomic mass is 9.89. The van der Waals surface area contributed by atoms with Crippen LogP contribution in [0.3, 0.4) is 0 Å². The van der Waals surface area contributed by atoms with Crippen LogP contribution < -0.4 is 0 Å². The minimum absolute atomic E-state index is 0.0166. The smallest absolute Gasteiger partial charge is 0.363 e. The lowest BCUT2D eigenvalue weighted by Crippen LogP contribution is -2.58. The summed E-state index contributed by atoms with van der Waals surface area (Å²) in [6.45, 7) is 8.71. The van der Waals surface area contributed by atoms with Crippen molar-refractivity contribution in [2.45, 2.75) is 44.5 Å². The maximum atomic E-state index is 12.7. The summed E-state index contributed by atoms with van der Waals surface area (Å²) in [6, 6.07) is 2.33. The maximum Gasteiger partial charge on any atom is 0.417 e. The SMILES string of the molecule is C=N/C(=C\C=C/C)CCN1CCC2(CC1)CN(Cc1ccc(C(F)(F)F)cn1)C(=O)CO2. The second kappa shape index (κ2) is 10.4. The number of carbonyl (C=O) groups excluding carboxylic acids is 1. The molecular weight excluding hydrogens is 421 g/mol. The fourth-order valence-corrected chi connectivity index (χ4v) is 3.99. The summed E-state index contributed by atoms with van der Waals surface area (Å²) >= 11 is 0. The third-order valence-electron chi connectivity index (χ3n) is 5.97. The standard InChI is InChI=1S/C23H29F3N4O2/c1-3-4-5-19(27-2)8-11-29-12-9-22(10-13-29)17-30(21(31)16-32-22)15-20-7-6-18(14-28-20)23(24,25)26/h3-7,14H,2,8-13,15-17H2,1H3/b4-3-,19-5-. The van der Waals surface area contributed by atoms with Crippen LogP contribution >= 0.6 is 0 Å². The molecule has 2 aliphatic rings. The number of allylic oxidation sites excluding steroid dienone is 3. The molecule has 3 heterocycles. The van der Waals surface area contributed by atoms with Gasteiger partial charge in [0, 0.05) is 37.9 Å². The van der Waals surface area contributed by atoms with Gasteiger partial charge in [0.05, 0.1) is 29.9 Å². The summed E-state index contributed by atoms with van der Waals surface area (Å²) < 4.78 is 44.2. The van der Waals surface area contributed by atoms with Crippen molar-refractivity contribution in [1.29, 1.82) is 0 Å². The number of amides is 1. The van der Waals surface area contributed by atoms with Crippen LogP contribution in [0.4, 0.5) is 13.2 Å². The Labute approximate surface area is 186 Å². The number of nitrogens with zero attached hydrogens (tertiary/aromatic N) is 4. The van der Waals surface area contributed by atoms with Crippen molar-refractivity contribution in [3.8, 4) is 0 Å². The highest BCUT2D eigenvalue weighted by Crippen LogP contribution is 2.32. The highest BCUT2D eigenvalue weighted by Gasteiger charge is 2.42. The number of hydrogen-bond donors (Lipinski definition) is 0. The van der Waals surface area contributed by atoms with Gasteiger partial charge in [0.2, 0.25) is 5.91 Å². The molecule has 0 saturated carbocycles. The van der Waals surface area contributed by atoms with Crippen LogP contribution in [0.15, 0.2) is 47.2 Å². The Morgan fingerprint density at radius 3 is 2.69 bits per heavy atom. The number of carbonyl (C=O) groups is 1. The average Bonchev–Trinajstić information content (AvgIpc) is 2.77. The van der Waals surface area contributed by atoms with E-state index in [2.05, 4.69) is 21.6 Å². The normalized spacial score (nSPS) is 20.3. The van der Waals surface area contributed by atoms with Crippen LogP contribution in [0.5, 0.6) is 0 Å². The molecule has 1 aromatic heterocycles. The van der Waals surface area contributed by atoms with E-state index in [1.807, 2.05) is 25.2 Å². The number of rotatable bonds is 7. The van der Waals surface area contributed by atoms with E-state index in [1.54, 1.807) is 4.90 Å². The molecule has 1 spiro atoms. The van der Waals surface area contributed by atoms with Crippen molar-refractivity contribution in [3.05, 3.63) is 53.5 Å². The zero-order chi connectivity index (χ0) is 23.2. The molecule has 6 nitrogen and oxygen atoms in total. The molecule has 9 heteroatoms. The van der Waals surface area contributed by atoms with Gasteiger partial charge < -0.3 is 14.5 Å². The van der Waals surface area contributed by atoms with E-state index in [1.165, 1.54) is 6.07 Å². The number of likely N-dealkylation sites (tertiary alicyclic amines) is 1. The average molecular weight is 451 g/mol. The summed E-state index contributed by atoms with van der Waals surface area (Å²) in [7, 11) is 0. The molecule has 32 heavy (non-hydrogen) atoms. The number of ether oxygens (including phenoxy) is 1. The van der Waals surface area contributed by atoms with Crippen molar-refractivity contribution in [2.75, 3.05) is 32.8 Å². The monoisotopic (exact) mass is 450 g/mol. The molecule has 0 bridgehead atoms. The Bertz CT molecular complexity index is 857. The molecule has 3 rings (SSSR count). The van der Waals surface area contributed by atoms with Crippen molar-refractivity contribution < 1.29 is 22.7 Å². The van der Waals surface area contributed by atoms with E-state index in [4.69, 9.17) is 4.74 Å². The molecule has 2 fully saturated rings. The molecule has 174 valence electrons. The number of aliphatic imine (C=N–C) groups is 1. The summed E-state index contributed by atoms with van der Waals surface area (Å²) in [5.74, 6) is -0.171. The molecule has 1 aromatic rings. The van der Waals surface area contributed by atoms with Gasteiger partial charge in [0.1, 0.15) is 6.61 Å². The minimum atomic E-state index is -4.43. The second-order valence-electron chi connectivity index (χ2n) is 8.19. The first-order chi connectivity index (χ1) is 15.2. The van der Waals surface area contributed by atoms with Gasteiger partial charge in [-0.3, -0.25) is 14.8 Å². The first kappa shape index (κ1) is 24.1. The number of hydrogen-bond acceptors (Lipinski definition) is 5. The Morgan fingerprint density at radius 2 is 2.09 bits per heavy atom. The number of alkyl halides is 3. The number of morpholine rings is 1. The molecular formula is C23H29F3N4O2. The predicted molar refractivity (Wildman–Crippen MR) is 116 cm³/mol. The Balaban J connectivity index is 1.55. The van der Waals surface area contributed by atoms with E-state index in [0.717, 1.165) is 56.9 Å². The van der Waals surface area contributed by atoms with E-state index >= 15 is 0 Å². The first-order valence-corrected chi connectivity index (χ1v) is 10.7. The largest absolute Gasteiger partial charge is 0.417 e. The maximum absolute atomic E-state index is 12.7. The highest BCUT2D eigenvalue weighted by atomic mass is 19.4. The van der Waals surface area contributed by atoms with Gasteiger partial charge in [-0.1, -0.05) is 12.2 Å². The van der Waals surface area contributed by atoms with Crippen molar-refractivity contribution in [1.82, 2.24) is 14.8 Å². The third kappa shape index (κ3) is 6.26. The van der Waals surface area contributed by atoms with E-state index < -0.39 is 17.3 Å². The Morgan fingerprint density at radius 1 is 1.34 bits per heavy atom. The fourth-order valence-electron chi connectivity index (χ4n) is 3.99. The number of piperidine rings is 1. The molecule has 0 aromatic carbocycles. The van der Waals surface area contributed by atoms with Gasteiger partial charge in [-0.25, -0.2) is 0 Å². The van der Waals surface area contributed by atoms with Gasteiger partial charge >= 0.3 is 6.18 Å². The van der Waals surface area contributed by atoms with Crippen molar-refractivity contribution in [3.63, 3.8) is 0 Å². The van der Waals surface area contributed by atoms with Gasteiger partial charge in [0.25, 0.3) is 0 Å². The molecule has 0 unspecified atom stereocenters. The van der Waals surface area contributed by atoms with Crippen LogP contribution in [-0.4, -0.2) is 65.8 Å². The number of aromatic nitrogens is 1. The van der Waals surface area contributed by atoms with Crippen LogP contribution in [-0.2, 0) is 22.3 Å². The minimum Gasteiger partial charge on any atom is -0.363 e. The third-order valence-corrected chi connectivity index (χ3v) is 5.97. The fraction of sp³-hybridized carbons (Fsp3) is 0.522. The highest BCUT2D eigenvalue weighted by molar-refractivity contribution is 5.78. The summed E-state index contributed by atoms with van der Waals surface area (Å²) in [6.07, 6.45) is 4.62. The summed E-state index contributed by atoms with van der Waals surface area (Å²) in [5, 5.41) is 0. The van der Waals surface area contributed by atoms with Crippen LogP contribution in [0, 0.1) is 0 Å². The molecule has 2 saturated heterocycles. The van der Waals surface area contributed by atoms with E-state index in [9.17, 15) is 18.0 Å². The zero-order valence-electron chi connectivity index (χ0n) is 18.3. The molecule has 0 radical (unpaired) electrons. The quantitative estimate of drug-likeness (QED) is 0.468. The van der Waals surface area contributed by atoms with Gasteiger partial charge in [-0.2, -0.15) is 13.2 Å². The number of halogens is 3. The van der Waals surface area contributed by atoms with Gasteiger partial charge in [0.15, 0.2) is 0 Å². The van der Waals surface area contributed by atoms with Gasteiger partial charge in [-0.15, -0.1) is 0 Å². The van der Waals surface area contributed by atoms with Crippen molar-refractivity contribution in [2.24, 2.45) is 4.99 Å². The number of pyridine rings is 1. The topological polar surface area (TPSA) is 58.0 Å². The molecule has 2 aliphatic heterocycles. The summed E-state index contributed by atoms with van der Waals surface area (Å²) in [4.78, 5) is 24.3. The van der Waals surface area contributed by atoms with Crippen LogP contribution in [0.25, 0.3) is 0 Å². The van der Waals surface area contributed by atoms with E-state index in [-0.39, 0.29) is 19.1 Å². The molecule has 0 aliphatic carbocycles. The molecule has 1 amide bonds. The Kier molecular flexibility index (Phi) is 7.84. The van der Waals surface area contributed by atoms with Crippen LogP contribution in [0.2, 0.25) is 0 Å². The first-order valence-electron chi connectivity index (χ1n) is 10.7. The predicted octanol–water partition coefficient (Wildman–Crippen LogP) is 3.84. The molecule has 0 atom stereocenters. The van der Waals surface area contributed by atoms with E-state index in [0.29, 0.717) is 12.2 Å². The lowest BCUT2D eigenvalue weighted by Gasteiger charge is -2.47. The summed E-state index contributed by atoms with van der Waals surface area (Å²) in [5.41, 5.74) is 0.154. The van der Waals surface area contributed by atoms with Crippen LogP contribution in [0.1, 0.15) is 37.4 Å². The van der Waals surface area contributed by atoms with Crippen molar-refractivity contribution >= 4 is 12.6 Å². The van der Waals surface area contributed by atoms with Gasteiger partial charge in [-0.05, 0) is 44.7 Å². The Hall–Kier alpha value is -2.52.